The number of carbonyl (C=O) groups is 2. The summed E-state index contributed by atoms with van der Waals surface area (Å²) in [5.74, 6) is -0.961. The van der Waals surface area contributed by atoms with Crippen LogP contribution in [0, 0.1) is 21.3 Å². The molecule has 174 valence electrons. The van der Waals surface area contributed by atoms with Crippen molar-refractivity contribution in [1.29, 1.82) is 0 Å². The first-order valence-electron chi connectivity index (χ1n) is 10.6. The summed E-state index contributed by atoms with van der Waals surface area (Å²) in [6.07, 6.45) is 0.591. The standard InChI is InChI=1S/C24H27FN4O4/c1-24(2,3)14-22(30)27(4)15-23(31)28-21(17-6-5-7-19(12-17)29(32)33)13-20(26-28)16-8-10-18(25)11-9-16/h5-12,21H,13-15H2,1-4H3/t21-/m1/s1. The van der Waals surface area contributed by atoms with Crippen molar-refractivity contribution in [2.24, 2.45) is 10.5 Å². The first kappa shape index (κ1) is 24.0. The van der Waals surface area contributed by atoms with Crippen LogP contribution in [-0.4, -0.2) is 46.0 Å². The molecule has 0 saturated heterocycles. The minimum absolute atomic E-state index is 0.0902. The lowest BCUT2D eigenvalue weighted by atomic mass is 9.92. The number of nitro groups is 1. The molecule has 0 N–H and O–H groups in total. The highest BCUT2D eigenvalue weighted by Gasteiger charge is 2.34. The van der Waals surface area contributed by atoms with Crippen molar-refractivity contribution in [3.63, 3.8) is 0 Å². The van der Waals surface area contributed by atoms with Crippen LogP contribution in [0.2, 0.25) is 0 Å². The van der Waals surface area contributed by atoms with E-state index in [0.717, 1.165) is 0 Å². The second kappa shape index (κ2) is 9.48. The molecule has 0 aromatic heterocycles. The molecule has 8 nitrogen and oxygen atoms in total. The van der Waals surface area contributed by atoms with Gasteiger partial charge in [0.2, 0.25) is 5.91 Å². The van der Waals surface area contributed by atoms with Crippen molar-refractivity contribution in [2.45, 2.75) is 39.7 Å². The zero-order valence-electron chi connectivity index (χ0n) is 19.1. The first-order valence-corrected chi connectivity index (χ1v) is 10.6. The third-order valence-corrected chi connectivity index (χ3v) is 5.29. The van der Waals surface area contributed by atoms with E-state index in [-0.39, 0.29) is 35.8 Å². The summed E-state index contributed by atoms with van der Waals surface area (Å²) in [6.45, 7) is 5.65. The zero-order chi connectivity index (χ0) is 24.3. The zero-order valence-corrected chi connectivity index (χ0v) is 19.1. The maximum Gasteiger partial charge on any atom is 0.269 e. The number of hydrogen-bond donors (Lipinski definition) is 0. The summed E-state index contributed by atoms with van der Waals surface area (Å²) in [4.78, 5) is 37.8. The van der Waals surface area contributed by atoms with Gasteiger partial charge >= 0.3 is 0 Å². The number of nitro benzene ring substituents is 1. The molecule has 0 radical (unpaired) electrons. The van der Waals surface area contributed by atoms with E-state index in [1.54, 1.807) is 31.3 Å². The van der Waals surface area contributed by atoms with Gasteiger partial charge < -0.3 is 4.90 Å². The predicted molar refractivity (Wildman–Crippen MR) is 122 cm³/mol. The number of halogens is 1. The van der Waals surface area contributed by atoms with Crippen LogP contribution in [0.1, 0.15) is 50.8 Å². The molecule has 2 aromatic carbocycles. The molecular weight excluding hydrogens is 427 g/mol. The Bertz CT molecular complexity index is 1090. The fourth-order valence-corrected chi connectivity index (χ4v) is 3.61. The number of hydrogen-bond acceptors (Lipinski definition) is 5. The second-order valence-corrected chi connectivity index (χ2v) is 9.35. The monoisotopic (exact) mass is 454 g/mol. The number of carbonyl (C=O) groups excluding carboxylic acids is 2. The van der Waals surface area contributed by atoms with Gasteiger partial charge in [0.1, 0.15) is 12.4 Å². The van der Waals surface area contributed by atoms with Crippen molar-refractivity contribution in [1.82, 2.24) is 9.91 Å². The number of benzene rings is 2. The summed E-state index contributed by atoms with van der Waals surface area (Å²) in [5, 5.41) is 17.0. The summed E-state index contributed by atoms with van der Waals surface area (Å²) < 4.78 is 13.4. The van der Waals surface area contributed by atoms with Crippen molar-refractivity contribution in [3.8, 4) is 0 Å². The topological polar surface area (TPSA) is 96.1 Å². The molecule has 0 unspecified atom stereocenters. The van der Waals surface area contributed by atoms with Gasteiger partial charge in [-0.15, -0.1) is 0 Å². The van der Waals surface area contributed by atoms with Gasteiger partial charge in [0.25, 0.3) is 11.6 Å². The molecule has 0 bridgehead atoms. The van der Waals surface area contributed by atoms with Crippen LogP contribution < -0.4 is 0 Å². The van der Waals surface area contributed by atoms with Crippen LogP contribution in [0.25, 0.3) is 0 Å². The lowest BCUT2D eigenvalue weighted by Crippen LogP contribution is -2.40. The minimum atomic E-state index is -0.580. The molecule has 3 rings (SSSR count). The highest BCUT2D eigenvalue weighted by molar-refractivity contribution is 6.03. The van der Waals surface area contributed by atoms with Gasteiger partial charge in [-0.3, -0.25) is 19.7 Å². The van der Waals surface area contributed by atoms with E-state index in [0.29, 0.717) is 23.3 Å². The summed E-state index contributed by atoms with van der Waals surface area (Å²) in [6, 6.07) is 11.3. The van der Waals surface area contributed by atoms with Crippen LogP contribution in [0.3, 0.4) is 0 Å². The van der Waals surface area contributed by atoms with E-state index in [9.17, 15) is 24.1 Å². The Morgan fingerprint density at radius 2 is 1.88 bits per heavy atom. The molecule has 2 aromatic rings. The Balaban J connectivity index is 1.89. The van der Waals surface area contributed by atoms with E-state index in [1.165, 1.54) is 34.2 Å². The number of amides is 2. The fourth-order valence-electron chi connectivity index (χ4n) is 3.61. The smallest absolute Gasteiger partial charge is 0.269 e. The van der Waals surface area contributed by atoms with Gasteiger partial charge in [0.05, 0.1) is 16.7 Å². The van der Waals surface area contributed by atoms with Crippen molar-refractivity contribution in [3.05, 3.63) is 75.6 Å². The molecule has 1 heterocycles. The molecule has 0 aliphatic carbocycles. The Labute approximate surface area is 191 Å². The van der Waals surface area contributed by atoms with Crippen LogP contribution in [-0.2, 0) is 9.59 Å². The molecule has 1 aliphatic rings. The third kappa shape index (κ3) is 6.00. The maximum atomic E-state index is 13.4. The Morgan fingerprint density at radius 1 is 1.21 bits per heavy atom. The van der Waals surface area contributed by atoms with E-state index in [1.807, 2.05) is 20.8 Å². The Morgan fingerprint density at radius 3 is 2.48 bits per heavy atom. The Kier molecular flexibility index (Phi) is 6.90. The number of rotatable bonds is 6. The number of nitrogens with zero attached hydrogens (tertiary/aromatic N) is 4. The van der Waals surface area contributed by atoms with Crippen molar-refractivity contribution in [2.75, 3.05) is 13.6 Å². The molecule has 0 spiro atoms. The van der Waals surface area contributed by atoms with Gasteiger partial charge in [0.15, 0.2) is 0 Å². The molecule has 9 heteroatoms. The van der Waals surface area contributed by atoms with Crippen molar-refractivity contribution < 1.29 is 18.9 Å². The number of non-ortho nitro benzene ring substituents is 1. The predicted octanol–water partition coefficient (Wildman–Crippen LogP) is 4.31. The quantitative estimate of drug-likeness (QED) is 0.480. The molecule has 2 amide bonds. The average Bonchev–Trinajstić information content (AvgIpc) is 3.18. The largest absolute Gasteiger partial charge is 0.336 e. The Hall–Kier alpha value is -3.62. The van der Waals surface area contributed by atoms with Gasteiger partial charge in [0, 0.05) is 32.0 Å². The summed E-state index contributed by atoms with van der Waals surface area (Å²) in [5.41, 5.74) is 1.46. The van der Waals surface area contributed by atoms with Gasteiger partial charge in [-0.2, -0.15) is 5.10 Å². The minimum Gasteiger partial charge on any atom is -0.336 e. The summed E-state index contributed by atoms with van der Waals surface area (Å²) in [7, 11) is 1.56. The highest BCUT2D eigenvalue weighted by atomic mass is 19.1. The number of hydrazone groups is 1. The van der Waals surface area contributed by atoms with Crippen LogP contribution in [0.15, 0.2) is 53.6 Å². The van der Waals surface area contributed by atoms with Crippen LogP contribution >= 0.6 is 0 Å². The van der Waals surface area contributed by atoms with E-state index < -0.39 is 16.9 Å². The number of likely N-dealkylation sites (N-methyl/N-ethyl adjacent to an activating group) is 1. The summed E-state index contributed by atoms with van der Waals surface area (Å²) >= 11 is 0. The van der Waals surface area contributed by atoms with Crippen LogP contribution in [0.4, 0.5) is 10.1 Å². The van der Waals surface area contributed by atoms with Gasteiger partial charge in [-0.1, -0.05) is 45.0 Å². The van der Waals surface area contributed by atoms with Crippen molar-refractivity contribution >= 4 is 23.2 Å². The molecular formula is C24H27FN4O4. The SMILES string of the molecule is CN(CC(=O)N1N=C(c2ccc(F)cc2)C[C@@H]1c1cccc([N+](=O)[O-])c1)C(=O)CC(C)(C)C. The molecule has 33 heavy (non-hydrogen) atoms. The third-order valence-electron chi connectivity index (χ3n) is 5.29. The second-order valence-electron chi connectivity index (χ2n) is 9.35. The van der Waals surface area contributed by atoms with Gasteiger partial charge in [-0.25, -0.2) is 9.40 Å². The molecule has 1 aliphatic heterocycles. The van der Waals surface area contributed by atoms with Crippen LogP contribution in [0.5, 0.6) is 0 Å². The van der Waals surface area contributed by atoms with Gasteiger partial charge in [-0.05, 0) is 28.7 Å². The van der Waals surface area contributed by atoms with E-state index in [4.69, 9.17) is 0 Å². The van der Waals surface area contributed by atoms with E-state index in [2.05, 4.69) is 5.10 Å². The lowest BCUT2D eigenvalue weighted by Gasteiger charge is -2.26. The average molecular weight is 455 g/mol. The maximum absolute atomic E-state index is 13.4. The molecule has 0 saturated carbocycles. The highest BCUT2D eigenvalue weighted by Crippen LogP contribution is 2.34. The van der Waals surface area contributed by atoms with E-state index >= 15 is 0 Å². The molecule has 1 atom stereocenters. The first-order chi connectivity index (χ1) is 15.4. The lowest BCUT2D eigenvalue weighted by molar-refractivity contribution is -0.385. The normalized spacial score (nSPS) is 15.8. The molecule has 0 fully saturated rings. The fraction of sp³-hybridized carbons (Fsp3) is 0.375.